The molecule has 1 aliphatic heterocycles. The zero-order chi connectivity index (χ0) is 23.5. The second-order valence-corrected chi connectivity index (χ2v) is 8.22. The molecule has 0 aromatic heterocycles. The summed E-state index contributed by atoms with van der Waals surface area (Å²) < 4.78 is 19.1. The molecule has 1 aliphatic rings. The molecule has 2 aromatic carbocycles. The molecule has 2 amide bonds. The third-order valence-electron chi connectivity index (χ3n) is 5.10. The quantitative estimate of drug-likeness (QED) is 0.632. The van der Waals surface area contributed by atoms with Crippen LogP contribution in [0.4, 0.5) is 9.18 Å². The van der Waals surface area contributed by atoms with Gasteiger partial charge >= 0.3 is 6.03 Å². The fraction of sp³-hybridized carbons (Fsp3) is 0.417. The maximum Gasteiger partial charge on any atom is 0.318 e. The van der Waals surface area contributed by atoms with Crippen LogP contribution in [0.2, 0.25) is 5.02 Å². The zero-order valence-corrected chi connectivity index (χ0v) is 19.3. The number of nitrogens with zero attached hydrogens (tertiary/aromatic N) is 1. The molecule has 8 heteroatoms. The van der Waals surface area contributed by atoms with Gasteiger partial charge in [-0.25, -0.2) is 9.18 Å². The molecular weight excluding hydrogens is 433 g/mol. The summed E-state index contributed by atoms with van der Waals surface area (Å²) in [5.41, 5.74) is 1.73. The number of hydrogen-bond acceptors (Lipinski definition) is 4. The third kappa shape index (κ3) is 7.80. The second kappa shape index (κ2) is 13.0. The van der Waals surface area contributed by atoms with Gasteiger partial charge in [-0.3, -0.25) is 0 Å². The molecule has 174 valence electrons. The second-order valence-electron chi connectivity index (χ2n) is 7.81. The molecule has 1 saturated heterocycles. The summed E-state index contributed by atoms with van der Waals surface area (Å²) in [7, 11) is 0. The van der Waals surface area contributed by atoms with Crippen molar-refractivity contribution in [3.8, 4) is 5.75 Å². The van der Waals surface area contributed by atoms with Crippen molar-refractivity contribution in [1.82, 2.24) is 15.5 Å². The first-order valence-corrected chi connectivity index (χ1v) is 11.0. The lowest BCUT2D eigenvalue weighted by Gasteiger charge is -2.35. The number of hydrogen-bond donors (Lipinski definition) is 2. The number of amides is 2. The van der Waals surface area contributed by atoms with E-state index in [9.17, 15) is 9.18 Å². The van der Waals surface area contributed by atoms with Gasteiger partial charge in [0.25, 0.3) is 0 Å². The Morgan fingerprint density at radius 1 is 1.22 bits per heavy atom. The summed E-state index contributed by atoms with van der Waals surface area (Å²) in [5.74, 6) is 0.425. The van der Waals surface area contributed by atoms with Crippen molar-refractivity contribution in [1.29, 1.82) is 0 Å². The Kier molecular flexibility index (Phi) is 10.4. The molecule has 0 bridgehead atoms. The van der Waals surface area contributed by atoms with Gasteiger partial charge in [-0.2, -0.15) is 0 Å². The zero-order valence-electron chi connectivity index (χ0n) is 18.6. The monoisotopic (exact) mass is 463 g/mol. The van der Waals surface area contributed by atoms with Crippen LogP contribution in [-0.2, 0) is 17.9 Å². The summed E-state index contributed by atoms with van der Waals surface area (Å²) >= 11 is 6.22. The number of ether oxygens (including phenoxy) is 1. The number of piperidine rings is 1. The van der Waals surface area contributed by atoms with E-state index in [1.807, 2.05) is 49.8 Å². The maximum absolute atomic E-state index is 13.4. The highest BCUT2D eigenvalue weighted by Gasteiger charge is 2.26. The molecule has 0 aliphatic carbocycles. The highest BCUT2D eigenvalue weighted by molar-refractivity contribution is 6.31. The summed E-state index contributed by atoms with van der Waals surface area (Å²) in [5, 5.41) is 6.67. The van der Waals surface area contributed by atoms with E-state index in [2.05, 4.69) is 10.6 Å². The average Bonchev–Trinajstić information content (AvgIpc) is 2.79. The van der Waals surface area contributed by atoms with Gasteiger partial charge in [-0.05, 0) is 75.2 Å². The molecule has 0 saturated carbocycles. The summed E-state index contributed by atoms with van der Waals surface area (Å²) in [4.78, 5) is 22.9. The van der Waals surface area contributed by atoms with E-state index in [1.54, 1.807) is 6.07 Å². The number of urea groups is 1. The third-order valence-corrected chi connectivity index (χ3v) is 5.46. The van der Waals surface area contributed by atoms with Crippen LogP contribution in [0.25, 0.3) is 0 Å². The Morgan fingerprint density at radius 2 is 1.88 bits per heavy atom. The predicted octanol–water partition coefficient (Wildman–Crippen LogP) is 4.55. The predicted molar refractivity (Wildman–Crippen MR) is 124 cm³/mol. The van der Waals surface area contributed by atoms with E-state index in [4.69, 9.17) is 21.1 Å². The largest absolute Gasteiger partial charge is 0.491 e. The molecule has 1 fully saturated rings. The lowest BCUT2D eigenvalue weighted by molar-refractivity contribution is -0.0980. The van der Waals surface area contributed by atoms with Crippen LogP contribution >= 0.6 is 11.6 Å². The van der Waals surface area contributed by atoms with E-state index in [1.165, 1.54) is 12.1 Å². The van der Waals surface area contributed by atoms with E-state index in [0.717, 1.165) is 42.8 Å². The summed E-state index contributed by atoms with van der Waals surface area (Å²) in [6.07, 6.45) is 1.85. The molecule has 0 unspecified atom stereocenters. The minimum Gasteiger partial charge on any atom is -0.491 e. The number of halogens is 2. The topological polar surface area (TPSA) is 70.7 Å². The molecule has 1 heterocycles. The van der Waals surface area contributed by atoms with Crippen molar-refractivity contribution in [3.05, 3.63) is 64.4 Å². The Bertz CT molecular complexity index is 858. The fourth-order valence-electron chi connectivity index (χ4n) is 3.56. The van der Waals surface area contributed by atoms with Gasteiger partial charge < -0.3 is 25.1 Å². The Morgan fingerprint density at radius 3 is 2.47 bits per heavy atom. The first-order valence-electron chi connectivity index (χ1n) is 10.7. The van der Waals surface area contributed by atoms with E-state index in [0.29, 0.717) is 18.1 Å². The fourth-order valence-corrected chi connectivity index (χ4v) is 3.78. The minimum atomic E-state index is -0.383. The van der Waals surface area contributed by atoms with Crippen molar-refractivity contribution >= 4 is 24.4 Å². The van der Waals surface area contributed by atoms with Gasteiger partial charge in [0.1, 0.15) is 18.4 Å². The van der Waals surface area contributed by atoms with Crippen LogP contribution < -0.4 is 15.4 Å². The first-order chi connectivity index (χ1) is 15.4. The molecular formula is C24H31ClFN3O3. The molecule has 0 atom stereocenters. The number of benzene rings is 2. The van der Waals surface area contributed by atoms with Gasteiger partial charge in [0.2, 0.25) is 0 Å². The maximum atomic E-state index is 13.4. The lowest BCUT2D eigenvalue weighted by atomic mass is 10.0. The van der Waals surface area contributed by atoms with Crippen LogP contribution in [0.5, 0.6) is 5.75 Å². The van der Waals surface area contributed by atoms with Crippen molar-refractivity contribution in [3.63, 3.8) is 0 Å². The first kappa shape index (κ1) is 25.6. The number of carbonyl (C=O) groups is 2. The van der Waals surface area contributed by atoms with Crippen LogP contribution in [0.15, 0.2) is 42.5 Å². The van der Waals surface area contributed by atoms with Gasteiger partial charge in [0.15, 0.2) is 0 Å². The standard InChI is InChI=1S/C23H29ClFN3O2.CH2O/c1-16(2)30-21-7-3-17(4-8-21)14-27-23(29)28(20-9-11-26-12-10-20)15-18-5-6-19(25)13-22(18)24;1-2/h3-8,13,16,20,26H,9-12,14-15H2,1-2H3,(H,27,29);1H2. The normalized spacial score (nSPS) is 13.8. The van der Waals surface area contributed by atoms with E-state index in [-0.39, 0.29) is 24.0 Å². The van der Waals surface area contributed by atoms with Crippen LogP contribution in [0.3, 0.4) is 0 Å². The van der Waals surface area contributed by atoms with E-state index < -0.39 is 0 Å². The number of rotatable bonds is 7. The molecule has 6 nitrogen and oxygen atoms in total. The summed E-state index contributed by atoms with van der Waals surface area (Å²) in [6.45, 7) is 8.45. The van der Waals surface area contributed by atoms with Crippen molar-refractivity contribution in [2.24, 2.45) is 0 Å². The van der Waals surface area contributed by atoms with Gasteiger partial charge in [-0.1, -0.05) is 29.8 Å². The molecule has 0 radical (unpaired) electrons. The minimum absolute atomic E-state index is 0.106. The molecule has 3 rings (SSSR count). The highest BCUT2D eigenvalue weighted by atomic mass is 35.5. The lowest BCUT2D eigenvalue weighted by Crippen LogP contribution is -2.49. The van der Waals surface area contributed by atoms with Crippen molar-refractivity contribution < 1.29 is 18.7 Å². The van der Waals surface area contributed by atoms with E-state index >= 15 is 0 Å². The van der Waals surface area contributed by atoms with Crippen molar-refractivity contribution in [2.45, 2.75) is 51.9 Å². The highest BCUT2D eigenvalue weighted by Crippen LogP contribution is 2.22. The SMILES string of the molecule is C=O.CC(C)Oc1ccc(CNC(=O)N(Cc2ccc(F)cc2Cl)C2CCNCC2)cc1. The molecule has 0 spiro atoms. The van der Waals surface area contributed by atoms with Gasteiger partial charge in [-0.15, -0.1) is 0 Å². The Labute approximate surface area is 194 Å². The van der Waals surface area contributed by atoms with Gasteiger partial charge in [0, 0.05) is 24.2 Å². The number of nitrogens with one attached hydrogen (secondary N) is 2. The smallest absolute Gasteiger partial charge is 0.318 e. The molecule has 2 aromatic rings. The molecule has 32 heavy (non-hydrogen) atoms. The number of carbonyl (C=O) groups excluding carboxylic acids is 2. The molecule has 2 N–H and O–H groups in total. The van der Waals surface area contributed by atoms with Gasteiger partial charge in [0.05, 0.1) is 6.10 Å². The Balaban J connectivity index is 0.00000176. The van der Waals surface area contributed by atoms with Crippen LogP contribution in [0, 0.1) is 5.82 Å². The van der Waals surface area contributed by atoms with Crippen LogP contribution in [-0.4, -0.2) is 43.0 Å². The van der Waals surface area contributed by atoms with Crippen molar-refractivity contribution in [2.75, 3.05) is 13.1 Å². The Hall–Kier alpha value is -2.64. The summed E-state index contributed by atoms with van der Waals surface area (Å²) in [6, 6.07) is 12.0. The average molecular weight is 464 g/mol. The van der Waals surface area contributed by atoms with Crippen LogP contribution in [0.1, 0.15) is 37.8 Å².